The van der Waals surface area contributed by atoms with Gasteiger partial charge in [-0.25, -0.2) is 4.98 Å². The van der Waals surface area contributed by atoms with Crippen molar-refractivity contribution in [1.29, 1.82) is 0 Å². The second-order valence-corrected chi connectivity index (χ2v) is 8.78. The lowest BCUT2D eigenvalue weighted by Crippen LogP contribution is -2.29. The quantitative estimate of drug-likeness (QED) is 0.516. The molecule has 2 aromatic heterocycles. The monoisotopic (exact) mass is 426 g/mol. The average Bonchev–Trinajstić information content (AvgIpc) is 3.36. The van der Waals surface area contributed by atoms with Gasteiger partial charge in [-0.15, -0.1) is 22.7 Å². The number of carbonyl (C=O) groups is 1. The number of carbonyl (C=O) groups excluding carboxylic acids is 1. The Kier molecular flexibility index (Phi) is 4.73. The van der Waals surface area contributed by atoms with Gasteiger partial charge < -0.3 is 19.5 Å². The third-order valence-electron chi connectivity index (χ3n) is 4.65. The van der Waals surface area contributed by atoms with Gasteiger partial charge in [-0.05, 0) is 24.4 Å². The summed E-state index contributed by atoms with van der Waals surface area (Å²) in [6, 6.07) is 9.66. The Morgan fingerprint density at radius 1 is 1.28 bits per heavy atom. The number of thiazole rings is 1. The maximum Gasteiger partial charge on any atom is 0.258 e. The topological polar surface area (TPSA) is 69.7 Å². The van der Waals surface area contributed by atoms with E-state index in [2.05, 4.69) is 10.3 Å². The summed E-state index contributed by atoms with van der Waals surface area (Å²) in [5.41, 5.74) is 1.89. The molecule has 5 rings (SSSR count). The van der Waals surface area contributed by atoms with E-state index in [0.29, 0.717) is 37.0 Å². The number of para-hydroxylation sites is 1. The van der Waals surface area contributed by atoms with Crippen molar-refractivity contribution in [3.63, 3.8) is 0 Å². The number of rotatable bonds is 5. The van der Waals surface area contributed by atoms with E-state index in [9.17, 15) is 4.79 Å². The molecule has 0 bridgehead atoms. The van der Waals surface area contributed by atoms with E-state index in [1.165, 1.54) is 0 Å². The van der Waals surface area contributed by atoms with E-state index < -0.39 is 0 Å². The van der Waals surface area contributed by atoms with Gasteiger partial charge in [-0.1, -0.05) is 12.1 Å². The molecule has 1 amide bonds. The minimum Gasteiger partial charge on any atom is -0.486 e. The van der Waals surface area contributed by atoms with Crippen molar-refractivity contribution >= 4 is 48.9 Å². The lowest BCUT2D eigenvalue weighted by molar-refractivity contribution is -0.123. The minimum atomic E-state index is -0.191. The molecule has 0 spiro atoms. The van der Waals surface area contributed by atoms with Crippen molar-refractivity contribution in [1.82, 2.24) is 10.3 Å². The summed E-state index contributed by atoms with van der Waals surface area (Å²) in [6.07, 6.45) is 0. The number of amides is 1. The van der Waals surface area contributed by atoms with Crippen LogP contribution in [0.4, 0.5) is 0 Å². The molecule has 1 N–H and O–H groups in total. The number of fused-ring (bicyclic) bond motifs is 4. The molecule has 0 saturated heterocycles. The van der Waals surface area contributed by atoms with Crippen molar-refractivity contribution in [3.8, 4) is 17.2 Å². The fraction of sp³-hybridized carbons (Fsp3) is 0.238. The molecular formula is C21H18N2O4S2. The number of hydrogen-bond donors (Lipinski definition) is 1. The highest BCUT2D eigenvalue weighted by Gasteiger charge is 2.17. The van der Waals surface area contributed by atoms with E-state index >= 15 is 0 Å². The van der Waals surface area contributed by atoms with Crippen LogP contribution in [0.1, 0.15) is 10.6 Å². The van der Waals surface area contributed by atoms with Gasteiger partial charge in [0.05, 0.1) is 19.9 Å². The number of aromatic nitrogens is 1. The van der Waals surface area contributed by atoms with Crippen molar-refractivity contribution in [2.45, 2.75) is 13.5 Å². The molecule has 3 heterocycles. The SMILES string of the molecule is Cc1nc2c(cc(OCC(=O)NCc3cccc4c3OCCO4)c3ccsc32)s1. The Balaban J connectivity index is 1.28. The predicted molar refractivity (Wildman–Crippen MR) is 115 cm³/mol. The van der Waals surface area contributed by atoms with Crippen LogP contribution in [0.25, 0.3) is 20.3 Å². The smallest absolute Gasteiger partial charge is 0.258 e. The highest BCUT2D eigenvalue weighted by atomic mass is 32.1. The fourth-order valence-corrected chi connectivity index (χ4v) is 5.20. The summed E-state index contributed by atoms with van der Waals surface area (Å²) < 4.78 is 19.3. The molecule has 0 fully saturated rings. The molecule has 0 aliphatic carbocycles. The second kappa shape index (κ2) is 7.53. The molecule has 6 nitrogen and oxygen atoms in total. The Labute approximate surface area is 175 Å². The molecule has 2 aromatic carbocycles. The molecule has 148 valence electrons. The first-order valence-electron chi connectivity index (χ1n) is 9.23. The zero-order valence-corrected chi connectivity index (χ0v) is 17.3. The molecule has 29 heavy (non-hydrogen) atoms. The van der Waals surface area contributed by atoms with Crippen LogP contribution in [0.3, 0.4) is 0 Å². The third kappa shape index (κ3) is 3.49. The predicted octanol–water partition coefficient (Wildman–Crippen LogP) is 4.29. The Morgan fingerprint density at radius 2 is 2.17 bits per heavy atom. The number of benzene rings is 2. The average molecular weight is 427 g/mol. The van der Waals surface area contributed by atoms with Gasteiger partial charge in [0.1, 0.15) is 19.0 Å². The maximum atomic E-state index is 12.4. The van der Waals surface area contributed by atoms with Crippen LogP contribution in [0.5, 0.6) is 17.2 Å². The van der Waals surface area contributed by atoms with Crippen LogP contribution in [-0.4, -0.2) is 30.7 Å². The zero-order chi connectivity index (χ0) is 19.8. The van der Waals surface area contributed by atoms with Gasteiger partial charge in [0.2, 0.25) is 0 Å². The lowest BCUT2D eigenvalue weighted by atomic mass is 10.1. The van der Waals surface area contributed by atoms with Crippen molar-refractivity contribution < 1.29 is 19.0 Å². The lowest BCUT2D eigenvalue weighted by Gasteiger charge is -2.21. The first-order valence-corrected chi connectivity index (χ1v) is 10.9. The van der Waals surface area contributed by atoms with Gasteiger partial charge in [0.15, 0.2) is 18.1 Å². The Bertz CT molecular complexity index is 1210. The third-order valence-corrected chi connectivity index (χ3v) is 6.49. The minimum absolute atomic E-state index is 0.0549. The van der Waals surface area contributed by atoms with Crippen LogP contribution in [-0.2, 0) is 11.3 Å². The van der Waals surface area contributed by atoms with Crippen LogP contribution in [0, 0.1) is 6.92 Å². The molecule has 0 saturated carbocycles. The number of aryl methyl sites for hydroxylation is 1. The first kappa shape index (κ1) is 18.2. The summed E-state index contributed by atoms with van der Waals surface area (Å²) in [7, 11) is 0. The number of nitrogens with zero attached hydrogens (tertiary/aromatic N) is 1. The molecule has 0 radical (unpaired) electrons. The molecule has 0 unspecified atom stereocenters. The summed E-state index contributed by atoms with van der Waals surface area (Å²) in [5.74, 6) is 1.93. The normalized spacial score (nSPS) is 13.0. The van der Waals surface area contributed by atoms with E-state index in [1.54, 1.807) is 22.7 Å². The summed E-state index contributed by atoms with van der Waals surface area (Å²) in [6.45, 7) is 3.35. The van der Waals surface area contributed by atoms with Crippen molar-refractivity contribution in [2.24, 2.45) is 0 Å². The molecule has 8 heteroatoms. The van der Waals surface area contributed by atoms with Gasteiger partial charge in [-0.2, -0.15) is 0 Å². The number of ether oxygens (including phenoxy) is 3. The Morgan fingerprint density at radius 3 is 3.10 bits per heavy atom. The Hall–Kier alpha value is -2.84. The maximum absolute atomic E-state index is 12.4. The molecule has 4 aromatic rings. The molecular weight excluding hydrogens is 408 g/mol. The summed E-state index contributed by atoms with van der Waals surface area (Å²) in [5, 5.41) is 6.92. The van der Waals surface area contributed by atoms with Crippen LogP contribution in [0.15, 0.2) is 35.7 Å². The summed E-state index contributed by atoms with van der Waals surface area (Å²) >= 11 is 3.27. The fourth-order valence-electron chi connectivity index (χ4n) is 3.37. The highest BCUT2D eigenvalue weighted by molar-refractivity contribution is 7.21. The van der Waals surface area contributed by atoms with Crippen LogP contribution < -0.4 is 19.5 Å². The van der Waals surface area contributed by atoms with Gasteiger partial charge in [0.25, 0.3) is 5.91 Å². The van der Waals surface area contributed by atoms with Crippen molar-refractivity contribution in [3.05, 3.63) is 46.3 Å². The number of nitrogens with one attached hydrogen (secondary N) is 1. The molecule has 1 aliphatic rings. The first-order chi connectivity index (χ1) is 14.2. The number of thiophene rings is 1. The van der Waals surface area contributed by atoms with E-state index in [1.807, 2.05) is 42.6 Å². The van der Waals surface area contributed by atoms with E-state index in [4.69, 9.17) is 14.2 Å². The van der Waals surface area contributed by atoms with Gasteiger partial charge in [0, 0.05) is 23.6 Å². The van der Waals surface area contributed by atoms with Crippen LogP contribution in [0.2, 0.25) is 0 Å². The molecule has 0 atom stereocenters. The molecule has 1 aliphatic heterocycles. The zero-order valence-electron chi connectivity index (χ0n) is 15.7. The second-order valence-electron chi connectivity index (χ2n) is 6.62. The van der Waals surface area contributed by atoms with Crippen LogP contribution >= 0.6 is 22.7 Å². The largest absolute Gasteiger partial charge is 0.486 e. The van der Waals surface area contributed by atoms with Crippen molar-refractivity contribution in [2.75, 3.05) is 19.8 Å². The van der Waals surface area contributed by atoms with Gasteiger partial charge in [-0.3, -0.25) is 4.79 Å². The number of hydrogen-bond acceptors (Lipinski definition) is 7. The van der Waals surface area contributed by atoms with E-state index in [0.717, 1.165) is 30.9 Å². The highest BCUT2D eigenvalue weighted by Crippen LogP contribution is 2.39. The summed E-state index contributed by atoms with van der Waals surface area (Å²) in [4.78, 5) is 17.0. The standard InChI is InChI=1S/C21H18N2O4S2/c1-12-23-19-17(29-12)9-16(14-5-8-28-21(14)19)27-11-18(24)22-10-13-3-2-4-15-20(13)26-7-6-25-15/h2-5,8-9H,6-7,10-11H2,1H3,(H,22,24). The van der Waals surface area contributed by atoms with Gasteiger partial charge >= 0.3 is 0 Å². The van der Waals surface area contributed by atoms with E-state index in [-0.39, 0.29) is 12.5 Å².